The highest BCUT2D eigenvalue weighted by Crippen LogP contribution is 2.41. The average Bonchev–Trinajstić information content (AvgIpc) is 2.48. The zero-order chi connectivity index (χ0) is 15.1. The van der Waals surface area contributed by atoms with Gasteiger partial charge in [-0.3, -0.25) is 4.79 Å². The van der Waals surface area contributed by atoms with Gasteiger partial charge in [0.25, 0.3) is 0 Å². The summed E-state index contributed by atoms with van der Waals surface area (Å²) in [6.45, 7) is 0. The molecule has 2 aliphatic rings. The highest BCUT2D eigenvalue weighted by Gasteiger charge is 2.47. The Morgan fingerprint density at radius 3 is 2.05 bits per heavy atom. The van der Waals surface area contributed by atoms with Crippen LogP contribution in [0.3, 0.4) is 0 Å². The van der Waals surface area contributed by atoms with Crippen LogP contribution in [0, 0.1) is 5.92 Å². The molecule has 2 atom stereocenters. The molecule has 0 saturated carbocycles. The molecule has 0 aromatic heterocycles. The lowest BCUT2D eigenvalue weighted by atomic mass is 9.90. The Bertz CT molecular complexity index is 582. The van der Waals surface area contributed by atoms with Crippen LogP contribution in [0.5, 0.6) is 0 Å². The maximum absolute atomic E-state index is 12.2. The molecule has 9 heteroatoms. The molecule has 2 fully saturated rings. The molecule has 0 spiro atoms. The number of fused-ring (bicyclic) bond motifs is 2. The number of hydrogen-bond acceptors (Lipinski definition) is 5. The first kappa shape index (κ1) is 15.7. The fourth-order valence-corrected chi connectivity index (χ4v) is 7.39. The van der Waals surface area contributed by atoms with Crippen molar-refractivity contribution >= 4 is 25.8 Å². The molecule has 2 aliphatic heterocycles. The Kier molecular flexibility index (Phi) is 4.14. The molecule has 116 valence electrons. The molecule has 2 unspecified atom stereocenters. The van der Waals surface area contributed by atoms with E-state index in [4.69, 9.17) is 5.11 Å². The normalized spacial score (nSPS) is 31.4. The number of hydrogen-bond donors (Lipinski definition) is 1. The topological polar surface area (TPSA) is 109 Å². The molecule has 0 aromatic rings. The Hall–Kier alpha value is -0.670. The molecule has 0 aliphatic carbocycles. The molecule has 2 saturated heterocycles. The summed E-state index contributed by atoms with van der Waals surface area (Å²) in [5.74, 6) is -0.892. The van der Waals surface area contributed by atoms with Gasteiger partial charge in [0.15, 0.2) is 14.9 Å². The van der Waals surface area contributed by atoms with Crippen molar-refractivity contribution < 1.29 is 26.7 Å². The third-order valence-corrected chi connectivity index (χ3v) is 8.05. The quantitative estimate of drug-likeness (QED) is 0.764. The first-order valence-electron chi connectivity index (χ1n) is 6.49. The lowest BCUT2D eigenvalue weighted by Crippen LogP contribution is -2.48. The van der Waals surface area contributed by atoms with Crippen molar-refractivity contribution in [1.29, 1.82) is 0 Å². The van der Waals surface area contributed by atoms with Crippen LogP contribution in [0.1, 0.15) is 32.1 Å². The van der Waals surface area contributed by atoms with Crippen molar-refractivity contribution in [2.24, 2.45) is 5.92 Å². The standard InChI is InChI=1S/C11H19NO6S2/c1-19(15,16)7-20(17,18)12-9-2-3-10(12)5-8(4-9)6-11(13)14/h8-10H,2-7H2,1H3,(H,13,14). The molecular weight excluding hydrogens is 306 g/mol. The minimum atomic E-state index is -3.83. The van der Waals surface area contributed by atoms with Gasteiger partial charge in [0.2, 0.25) is 10.0 Å². The van der Waals surface area contributed by atoms with Gasteiger partial charge in [0.05, 0.1) is 0 Å². The van der Waals surface area contributed by atoms with Crippen molar-refractivity contribution in [3.63, 3.8) is 0 Å². The van der Waals surface area contributed by atoms with Crippen LogP contribution in [-0.2, 0) is 24.7 Å². The van der Waals surface area contributed by atoms with Gasteiger partial charge in [0.1, 0.15) is 0 Å². The van der Waals surface area contributed by atoms with Gasteiger partial charge in [-0.2, -0.15) is 4.31 Å². The number of carbonyl (C=O) groups is 1. The summed E-state index contributed by atoms with van der Waals surface area (Å²) in [6, 6.07) is -0.491. The van der Waals surface area contributed by atoms with E-state index in [-0.39, 0.29) is 24.4 Å². The maximum Gasteiger partial charge on any atom is 0.303 e. The number of rotatable bonds is 5. The smallest absolute Gasteiger partial charge is 0.303 e. The molecule has 20 heavy (non-hydrogen) atoms. The van der Waals surface area contributed by atoms with E-state index in [1.165, 1.54) is 4.31 Å². The van der Waals surface area contributed by atoms with Gasteiger partial charge < -0.3 is 5.11 Å². The lowest BCUT2D eigenvalue weighted by molar-refractivity contribution is -0.138. The van der Waals surface area contributed by atoms with Gasteiger partial charge in [0, 0.05) is 24.8 Å². The van der Waals surface area contributed by atoms with E-state index in [2.05, 4.69) is 0 Å². The Morgan fingerprint density at radius 1 is 1.15 bits per heavy atom. The molecule has 2 bridgehead atoms. The van der Waals surface area contributed by atoms with Gasteiger partial charge in [-0.25, -0.2) is 16.8 Å². The lowest BCUT2D eigenvalue weighted by Gasteiger charge is -2.37. The van der Waals surface area contributed by atoms with Gasteiger partial charge in [-0.15, -0.1) is 0 Å². The second-order valence-electron chi connectivity index (χ2n) is 5.81. The van der Waals surface area contributed by atoms with Crippen LogP contribution < -0.4 is 0 Å². The molecule has 0 amide bonds. The Labute approximate surface area is 118 Å². The van der Waals surface area contributed by atoms with E-state index in [9.17, 15) is 21.6 Å². The Morgan fingerprint density at radius 2 is 1.65 bits per heavy atom. The minimum Gasteiger partial charge on any atom is -0.481 e. The Balaban J connectivity index is 2.15. The second-order valence-corrected chi connectivity index (χ2v) is 10.2. The molecule has 0 aromatic carbocycles. The third kappa shape index (κ3) is 3.50. The van der Waals surface area contributed by atoms with E-state index < -0.39 is 30.9 Å². The first-order valence-corrected chi connectivity index (χ1v) is 10.2. The fourth-order valence-electron chi connectivity index (χ4n) is 3.45. The van der Waals surface area contributed by atoms with Gasteiger partial charge in [-0.1, -0.05) is 0 Å². The molecule has 0 radical (unpaired) electrons. The van der Waals surface area contributed by atoms with Crippen LogP contribution in [0.25, 0.3) is 0 Å². The number of aliphatic carboxylic acids is 1. The summed E-state index contributed by atoms with van der Waals surface area (Å²) in [6.07, 6.45) is 3.34. The SMILES string of the molecule is CS(=O)(=O)CS(=O)(=O)N1C2CCC1CC(CC(=O)O)C2. The number of nitrogens with zero attached hydrogens (tertiary/aromatic N) is 1. The summed E-state index contributed by atoms with van der Waals surface area (Å²) < 4.78 is 48.3. The van der Waals surface area contributed by atoms with Crippen LogP contribution in [0.4, 0.5) is 0 Å². The van der Waals surface area contributed by atoms with Crippen molar-refractivity contribution in [1.82, 2.24) is 4.31 Å². The van der Waals surface area contributed by atoms with E-state index >= 15 is 0 Å². The van der Waals surface area contributed by atoms with Crippen LogP contribution in [-0.4, -0.2) is 55.6 Å². The number of carboxylic acid groups (broad SMARTS) is 1. The molecular formula is C11H19NO6S2. The van der Waals surface area contributed by atoms with Gasteiger partial charge >= 0.3 is 5.97 Å². The monoisotopic (exact) mass is 325 g/mol. The van der Waals surface area contributed by atoms with E-state index in [1.807, 2.05) is 0 Å². The van der Waals surface area contributed by atoms with E-state index in [1.54, 1.807) is 0 Å². The second kappa shape index (κ2) is 5.27. The van der Waals surface area contributed by atoms with Crippen LogP contribution in [0.15, 0.2) is 0 Å². The predicted molar refractivity (Wildman–Crippen MR) is 72.3 cm³/mol. The highest BCUT2D eigenvalue weighted by molar-refractivity contribution is 8.06. The average molecular weight is 325 g/mol. The summed E-state index contributed by atoms with van der Waals surface area (Å²) in [5, 5.41) is 7.96. The van der Waals surface area contributed by atoms with Crippen molar-refractivity contribution in [2.75, 3.05) is 11.3 Å². The minimum absolute atomic E-state index is 0.0188. The molecule has 2 rings (SSSR count). The molecule has 7 nitrogen and oxygen atoms in total. The summed E-state index contributed by atoms with van der Waals surface area (Å²) >= 11 is 0. The summed E-state index contributed by atoms with van der Waals surface area (Å²) in [7, 11) is -7.44. The third-order valence-electron chi connectivity index (χ3n) is 3.91. The van der Waals surface area contributed by atoms with Crippen LogP contribution in [0.2, 0.25) is 0 Å². The summed E-state index contributed by atoms with van der Waals surface area (Å²) in [4.78, 5) is 10.8. The number of sulfone groups is 1. The molecule has 1 N–H and O–H groups in total. The summed E-state index contributed by atoms with van der Waals surface area (Å²) in [5.41, 5.74) is 0. The van der Waals surface area contributed by atoms with Crippen molar-refractivity contribution in [2.45, 2.75) is 44.2 Å². The van der Waals surface area contributed by atoms with Gasteiger partial charge in [-0.05, 0) is 31.6 Å². The number of carboxylic acids is 1. The first-order chi connectivity index (χ1) is 9.08. The zero-order valence-electron chi connectivity index (χ0n) is 11.2. The van der Waals surface area contributed by atoms with Crippen molar-refractivity contribution in [3.05, 3.63) is 0 Å². The fraction of sp³-hybridized carbons (Fsp3) is 0.909. The van der Waals surface area contributed by atoms with E-state index in [0.29, 0.717) is 25.7 Å². The number of sulfonamides is 1. The predicted octanol–water partition coefficient (Wildman–Crippen LogP) is 0.0360. The highest BCUT2D eigenvalue weighted by atomic mass is 32.3. The van der Waals surface area contributed by atoms with E-state index in [0.717, 1.165) is 6.26 Å². The zero-order valence-corrected chi connectivity index (χ0v) is 12.9. The maximum atomic E-state index is 12.2. The van der Waals surface area contributed by atoms with Crippen LogP contribution >= 0.6 is 0 Å². The van der Waals surface area contributed by atoms with Crippen molar-refractivity contribution in [3.8, 4) is 0 Å². The largest absolute Gasteiger partial charge is 0.481 e. The number of piperidine rings is 1. The molecule has 2 heterocycles.